The Morgan fingerprint density at radius 1 is 0.426 bits per heavy atom. The second-order valence-electron chi connectivity index (χ2n) is 16.7. The predicted octanol–water partition coefficient (Wildman–Crippen LogP) is 14.1. The SMILES string of the molecule is C[SiH](C)[Zr]([CH]1C(CC2CC2)=Cc2c(-c3ccccc3)ccc(-c3ccccc3)c21)[CH]1C(CC2CC2)=Cc2c(-c3ccccc3)ccc(-c3ccccc3)c21. The Labute approximate surface area is 331 Å². The van der Waals surface area contributed by atoms with Crippen molar-refractivity contribution in [2.45, 2.75) is 58.9 Å². The van der Waals surface area contributed by atoms with Crippen LogP contribution in [0.15, 0.2) is 157 Å². The van der Waals surface area contributed by atoms with Gasteiger partial charge in [0.1, 0.15) is 0 Å². The molecule has 0 radical (unpaired) electrons. The van der Waals surface area contributed by atoms with Gasteiger partial charge in [0.25, 0.3) is 0 Å². The summed E-state index contributed by atoms with van der Waals surface area (Å²) in [4.78, 5) is 0. The zero-order valence-corrected chi connectivity index (χ0v) is 35.3. The summed E-state index contributed by atoms with van der Waals surface area (Å²) in [7, 11) is 0. The molecule has 0 saturated heterocycles. The van der Waals surface area contributed by atoms with E-state index in [-0.39, 0.29) is 0 Å². The molecule has 0 aromatic heterocycles. The summed E-state index contributed by atoms with van der Waals surface area (Å²) < 4.78 is 1.19. The Bertz CT molecular complexity index is 2200. The number of allylic oxidation sites excluding steroid dienone is 2. The van der Waals surface area contributed by atoms with Gasteiger partial charge >= 0.3 is 333 Å². The first-order valence-corrected chi connectivity index (χ1v) is 30.4. The quantitative estimate of drug-likeness (QED) is 0.115. The van der Waals surface area contributed by atoms with Gasteiger partial charge in [-0.25, -0.2) is 0 Å². The molecule has 4 aliphatic carbocycles. The number of fused-ring (bicyclic) bond motifs is 2. The first kappa shape index (κ1) is 34.4. The zero-order chi connectivity index (χ0) is 36.2. The zero-order valence-electron chi connectivity index (χ0n) is 31.6. The van der Waals surface area contributed by atoms with Crippen molar-refractivity contribution in [3.63, 3.8) is 0 Å². The molecule has 0 nitrogen and oxygen atoms in total. The molecular formula is C52H49SiZr. The first-order chi connectivity index (χ1) is 26.6. The molecular weight excluding hydrogens is 744 g/mol. The van der Waals surface area contributed by atoms with E-state index in [9.17, 15) is 0 Å². The van der Waals surface area contributed by atoms with Crippen LogP contribution in [0.1, 0.15) is 68.0 Å². The fraction of sp³-hybridized carbons (Fsp3) is 0.231. The number of hydrogen-bond donors (Lipinski definition) is 0. The molecule has 54 heavy (non-hydrogen) atoms. The van der Waals surface area contributed by atoms with Crippen LogP contribution in [0.2, 0.25) is 13.1 Å². The van der Waals surface area contributed by atoms with Gasteiger partial charge in [0.15, 0.2) is 0 Å². The van der Waals surface area contributed by atoms with Crippen LogP contribution >= 0.6 is 0 Å². The molecule has 0 aliphatic heterocycles. The van der Waals surface area contributed by atoms with Gasteiger partial charge in [0.2, 0.25) is 0 Å². The molecule has 2 saturated carbocycles. The fourth-order valence-electron chi connectivity index (χ4n) is 9.85. The van der Waals surface area contributed by atoms with Crippen LogP contribution in [0.25, 0.3) is 56.7 Å². The van der Waals surface area contributed by atoms with Crippen molar-refractivity contribution in [2.24, 2.45) is 11.8 Å². The molecule has 0 amide bonds. The van der Waals surface area contributed by atoms with E-state index < -0.39 is 26.8 Å². The van der Waals surface area contributed by atoms with Crippen molar-refractivity contribution in [3.05, 3.63) is 179 Å². The van der Waals surface area contributed by atoms with Crippen molar-refractivity contribution in [1.29, 1.82) is 0 Å². The van der Waals surface area contributed by atoms with E-state index in [1.807, 2.05) is 0 Å². The fourth-order valence-corrected chi connectivity index (χ4v) is 32.6. The summed E-state index contributed by atoms with van der Waals surface area (Å²) >= 11 is -2.48. The first-order valence-electron chi connectivity index (χ1n) is 20.5. The van der Waals surface area contributed by atoms with E-state index in [0.717, 1.165) is 11.8 Å². The minimum atomic E-state index is -2.48. The van der Waals surface area contributed by atoms with Crippen molar-refractivity contribution >= 4 is 18.1 Å². The topological polar surface area (TPSA) is 0 Å². The van der Waals surface area contributed by atoms with Crippen molar-refractivity contribution in [3.8, 4) is 44.5 Å². The molecule has 6 aromatic carbocycles. The van der Waals surface area contributed by atoms with Gasteiger partial charge in [-0.1, -0.05) is 0 Å². The Morgan fingerprint density at radius 2 is 0.741 bits per heavy atom. The van der Waals surface area contributed by atoms with E-state index in [1.54, 1.807) is 22.3 Å². The molecule has 0 heterocycles. The molecule has 2 atom stereocenters. The summed E-state index contributed by atoms with van der Waals surface area (Å²) in [5.74, 6) is 0.582. The molecule has 4 aliphatic rings. The molecule has 0 N–H and O–H groups in total. The standard InChI is InChI=1S/2C25H21.C2H7Si.Zr/c2*1-3-7-20(8-4-1)22-13-14-23(21-9-5-2-6-10-21)25-17-19(16-24(22)25)15-18-11-12-18;1-3-2;/h2*1-10,13-14,16-18H,11-12,15H2;3H,1-2H3;. The molecule has 2 unspecified atom stereocenters. The van der Waals surface area contributed by atoms with E-state index in [1.165, 1.54) is 94.2 Å². The predicted molar refractivity (Wildman–Crippen MR) is 230 cm³/mol. The molecule has 0 bridgehead atoms. The van der Waals surface area contributed by atoms with Crippen LogP contribution in [0.4, 0.5) is 0 Å². The van der Waals surface area contributed by atoms with Crippen LogP contribution in [0.5, 0.6) is 0 Å². The monoisotopic (exact) mass is 791 g/mol. The van der Waals surface area contributed by atoms with Gasteiger partial charge < -0.3 is 0 Å². The van der Waals surface area contributed by atoms with Crippen LogP contribution in [0, 0.1) is 11.8 Å². The van der Waals surface area contributed by atoms with Gasteiger partial charge in [-0.3, -0.25) is 0 Å². The average Bonchev–Trinajstić information content (AvgIpc) is 4.15. The van der Waals surface area contributed by atoms with Crippen LogP contribution in [0.3, 0.4) is 0 Å². The summed E-state index contributed by atoms with van der Waals surface area (Å²) in [6.07, 6.45) is 13.7. The van der Waals surface area contributed by atoms with Crippen molar-refractivity contribution in [2.75, 3.05) is 0 Å². The maximum atomic E-state index is 2.76. The minimum absolute atomic E-state index is 0.594. The van der Waals surface area contributed by atoms with Crippen LogP contribution < -0.4 is 0 Å². The second kappa shape index (κ2) is 14.5. The Morgan fingerprint density at radius 3 is 1.06 bits per heavy atom. The van der Waals surface area contributed by atoms with Crippen LogP contribution in [-0.2, 0) is 20.9 Å². The van der Waals surface area contributed by atoms with Gasteiger partial charge in [0, 0.05) is 0 Å². The van der Waals surface area contributed by atoms with Gasteiger partial charge in [-0.2, -0.15) is 0 Å². The van der Waals surface area contributed by atoms with Gasteiger partial charge in [0.05, 0.1) is 0 Å². The summed E-state index contributed by atoms with van der Waals surface area (Å²) in [6.45, 7) is 5.53. The van der Waals surface area contributed by atoms with E-state index in [2.05, 4.69) is 171 Å². The van der Waals surface area contributed by atoms with E-state index in [4.69, 9.17) is 0 Å². The Balaban J connectivity index is 1.24. The number of hydrogen-bond acceptors (Lipinski definition) is 0. The molecule has 265 valence electrons. The summed E-state index contributed by atoms with van der Waals surface area (Å²) in [5.41, 5.74) is 21.3. The third-order valence-electron chi connectivity index (χ3n) is 12.7. The normalized spacial score (nSPS) is 18.6. The molecule has 2 heteroatoms. The molecule has 10 rings (SSSR count). The Kier molecular flexibility index (Phi) is 9.25. The number of rotatable bonds is 11. The second-order valence-corrected chi connectivity index (χ2v) is 36.8. The summed E-state index contributed by atoms with van der Waals surface area (Å²) in [6, 6.07) is 55.2. The third-order valence-corrected chi connectivity index (χ3v) is 34.3. The van der Waals surface area contributed by atoms with E-state index in [0.29, 0.717) is 7.25 Å². The molecule has 2 fully saturated rings. The maximum absolute atomic E-state index is 2.76. The van der Waals surface area contributed by atoms with E-state index >= 15 is 0 Å². The molecule has 6 aromatic rings. The van der Waals surface area contributed by atoms with Crippen LogP contribution in [-0.4, -0.2) is 5.92 Å². The third kappa shape index (κ3) is 6.44. The molecule has 0 spiro atoms. The summed E-state index contributed by atoms with van der Waals surface area (Å²) in [5, 5.41) is 0. The average molecular weight is 793 g/mol. The van der Waals surface area contributed by atoms with Gasteiger partial charge in [-0.05, 0) is 0 Å². The van der Waals surface area contributed by atoms with Crippen molar-refractivity contribution in [1.82, 2.24) is 0 Å². The Hall–Kier alpha value is -4.10. The van der Waals surface area contributed by atoms with Crippen molar-refractivity contribution < 1.29 is 20.9 Å². The van der Waals surface area contributed by atoms with Gasteiger partial charge in [-0.15, -0.1) is 0 Å². The number of benzene rings is 6.